The van der Waals surface area contributed by atoms with Gasteiger partial charge in [-0.25, -0.2) is 9.37 Å². The summed E-state index contributed by atoms with van der Waals surface area (Å²) < 4.78 is 18.3. The fourth-order valence-corrected chi connectivity index (χ4v) is 3.24. The van der Waals surface area contributed by atoms with Gasteiger partial charge in [0, 0.05) is 10.9 Å². The molecular weight excluding hydrogens is 389 g/mol. The molecule has 0 aliphatic carbocycles. The summed E-state index contributed by atoms with van der Waals surface area (Å²) in [6, 6.07) is 23.1. The van der Waals surface area contributed by atoms with E-state index in [0.717, 1.165) is 22.0 Å². The lowest BCUT2D eigenvalue weighted by Crippen LogP contribution is -1.95. The van der Waals surface area contributed by atoms with Crippen LogP contribution in [0.2, 0.25) is 0 Å². The van der Waals surface area contributed by atoms with E-state index in [1.807, 2.05) is 42.5 Å². The van der Waals surface area contributed by atoms with E-state index < -0.39 is 0 Å². The summed E-state index contributed by atoms with van der Waals surface area (Å²) in [5.41, 5.74) is 3.91. The van der Waals surface area contributed by atoms with Crippen LogP contribution in [0.3, 0.4) is 0 Å². The third kappa shape index (κ3) is 4.93. The topological polar surface area (TPSA) is 39.2 Å². The summed E-state index contributed by atoms with van der Waals surface area (Å²) in [7, 11) is 1.57. The number of fused-ring (bicyclic) bond motifs is 1. The second kappa shape index (κ2) is 9.18. The van der Waals surface area contributed by atoms with Gasteiger partial charge in [0.05, 0.1) is 18.3 Å². The lowest BCUT2D eigenvalue weighted by Gasteiger charge is -2.05. The first-order valence-electron chi connectivity index (χ1n) is 9.82. The van der Waals surface area contributed by atoms with Crippen molar-refractivity contribution in [3.8, 4) is 5.75 Å². The summed E-state index contributed by atoms with van der Waals surface area (Å²) >= 11 is 0. The Morgan fingerprint density at radius 3 is 2.52 bits per heavy atom. The average Bonchev–Trinajstić information content (AvgIpc) is 2.82. The van der Waals surface area contributed by atoms with E-state index in [1.54, 1.807) is 49.6 Å². The molecule has 1 heterocycles. The van der Waals surface area contributed by atoms with Crippen LogP contribution in [-0.2, 0) is 0 Å². The Hall–Kier alpha value is -4.05. The molecule has 0 saturated heterocycles. The number of benzene rings is 3. The first kappa shape index (κ1) is 20.2. The average molecular weight is 409 g/mol. The van der Waals surface area contributed by atoms with Crippen molar-refractivity contribution in [1.29, 1.82) is 0 Å². The Morgan fingerprint density at radius 2 is 1.71 bits per heavy atom. The van der Waals surface area contributed by atoms with Crippen LogP contribution in [0.25, 0.3) is 29.1 Å². The predicted octanol–water partition coefficient (Wildman–Crippen LogP) is 6.45. The molecule has 0 atom stereocenters. The van der Waals surface area contributed by atoms with E-state index in [-0.39, 0.29) is 11.6 Å². The number of methoxy groups -OCH3 is 1. The molecule has 0 radical (unpaired) electrons. The largest absolute Gasteiger partial charge is 0.497 e. The molecule has 0 saturated carbocycles. The van der Waals surface area contributed by atoms with Crippen LogP contribution in [0.4, 0.5) is 4.39 Å². The number of carbonyl (C=O) groups is 1. The number of para-hydroxylation sites is 1. The number of hydrogen-bond acceptors (Lipinski definition) is 3. The molecule has 0 aliphatic rings. The Morgan fingerprint density at radius 1 is 0.903 bits per heavy atom. The molecule has 0 bridgehead atoms. The van der Waals surface area contributed by atoms with Gasteiger partial charge >= 0.3 is 0 Å². The zero-order valence-corrected chi connectivity index (χ0v) is 17.0. The Bertz CT molecular complexity index is 1290. The van der Waals surface area contributed by atoms with Gasteiger partial charge in [0.1, 0.15) is 11.6 Å². The molecule has 3 nitrogen and oxygen atoms in total. The summed E-state index contributed by atoms with van der Waals surface area (Å²) in [6.07, 6.45) is 7.12. The van der Waals surface area contributed by atoms with Gasteiger partial charge < -0.3 is 4.74 Å². The number of nitrogens with zero attached hydrogens (tertiary/aromatic N) is 1. The summed E-state index contributed by atoms with van der Waals surface area (Å²) in [6.45, 7) is 0. The summed E-state index contributed by atoms with van der Waals surface area (Å²) in [5.74, 6) is 0.244. The molecule has 4 heteroatoms. The number of allylic oxidation sites excluding steroid dienone is 1. The van der Waals surface area contributed by atoms with Gasteiger partial charge in [0.2, 0.25) is 0 Å². The Labute approximate surface area is 180 Å². The molecule has 0 N–H and O–H groups in total. The molecule has 0 fully saturated rings. The summed E-state index contributed by atoms with van der Waals surface area (Å²) in [4.78, 5) is 17.2. The molecular formula is C27H20FNO2. The standard InChI is InChI=1S/C27H20FNO2/c1-31-24-6-4-5-21(18-24)27(30)16-15-23-17-20(25-7-2-3-8-26(25)29-23)12-9-19-10-13-22(28)14-11-19/h2-18H,1H3/b12-9+,16-15+. The second-order valence-corrected chi connectivity index (χ2v) is 6.97. The molecule has 4 aromatic rings. The lowest BCUT2D eigenvalue weighted by molar-refractivity contribution is 0.104. The molecule has 4 rings (SSSR count). The number of ketones is 1. The summed E-state index contributed by atoms with van der Waals surface area (Å²) in [5, 5.41) is 0.997. The van der Waals surface area contributed by atoms with Crippen LogP contribution in [0.5, 0.6) is 5.75 Å². The van der Waals surface area contributed by atoms with Gasteiger partial charge in [-0.15, -0.1) is 0 Å². The quantitative estimate of drug-likeness (QED) is 0.271. The number of pyridine rings is 1. The number of ether oxygens (including phenoxy) is 1. The fourth-order valence-electron chi connectivity index (χ4n) is 3.24. The number of aromatic nitrogens is 1. The van der Waals surface area contributed by atoms with Crippen molar-refractivity contribution in [2.24, 2.45) is 0 Å². The van der Waals surface area contributed by atoms with Crippen LogP contribution in [0, 0.1) is 5.82 Å². The predicted molar refractivity (Wildman–Crippen MR) is 123 cm³/mol. The van der Waals surface area contributed by atoms with Gasteiger partial charge in [-0.3, -0.25) is 4.79 Å². The van der Waals surface area contributed by atoms with Crippen molar-refractivity contribution >= 4 is 34.9 Å². The van der Waals surface area contributed by atoms with E-state index >= 15 is 0 Å². The third-order valence-electron chi connectivity index (χ3n) is 4.85. The second-order valence-electron chi connectivity index (χ2n) is 6.97. The van der Waals surface area contributed by atoms with Gasteiger partial charge in [0.15, 0.2) is 5.78 Å². The highest BCUT2D eigenvalue weighted by atomic mass is 19.1. The number of carbonyl (C=O) groups excluding carboxylic acids is 1. The monoisotopic (exact) mass is 409 g/mol. The molecule has 152 valence electrons. The molecule has 31 heavy (non-hydrogen) atoms. The van der Waals surface area contributed by atoms with E-state index in [9.17, 15) is 9.18 Å². The van der Waals surface area contributed by atoms with Gasteiger partial charge in [-0.05, 0) is 59.7 Å². The number of rotatable bonds is 6. The van der Waals surface area contributed by atoms with Crippen LogP contribution in [0.1, 0.15) is 27.2 Å². The van der Waals surface area contributed by atoms with Crippen molar-refractivity contribution in [3.63, 3.8) is 0 Å². The van der Waals surface area contributed by atoms with Crippen molar-refractivity contribution in [1.82, 2.24) is 4.98 Å². The van der Waals surface area contributed by atoms with E-state index in [1.165, 1.54) is 18.2 Å². The van der Waals surface area contributed by atoms with Crippen molar-refractivity contribution in [3.05, 3.63) is 113 Å². The molecule has 3 aromatic carbocycles. The Balaban J connectivity index is 1.66. The van der Waals surface area contributed by atoms with Crippen LogP contribution < -0.4 is 4.74 Å². The van der Waals surface area contributed by atoms with E-state index in [0.29, 0.717) is 17.0 Å². The minimum atomic E-state index is -0.264. The number of halogens is 1. The van der Waals surface area contributed by atoms with Crippen LogP contribution in [-0.4, -0.2) is 17.9 Å². The zero-order valence-electron chi connectivity index (χ0n) is 17.0. The van der Waals surface area contributed by atoms with Crippen molar-refractivity contribution in [2.75, 3.05) is 7.11 Å². The van der Waals surface area contributed by atoms with E-state index in [4.69, 9.17) is 4.74 Å². The number of hydrogen-bond donors (Lipinski definition) is 0. The molecule has 0 spiro atoms. The Kier molecular flexibility index (Phi) is 5.99. The van der Waals surface area contributed by atoms with Gasteiger partial charge in [-0.1, -0.05) is 54.6 Å². The maximum Gasteiger partial charge on any atom is 0.186 e. The van der Waals surface area contributed by atoms with Gasteiger partial charge in [0.25, 0.3) is 0 Å². The van der Waals surface area contributed by atoms with Crippen LogP contribution in [0.15, 0.2) is 84.9 Å². The third-order valence-corrected chi connectivity index (χ3v) is 4.85. The smallest absolute Gasteiger partial charge is 0.186 e. The normalized spacial score (nSPS) is 11.4. The minimum absolute atomic E-state index is 0.128. The highest BCUT2D eigenvalue weighted by Gasteiger charge is 2.05. The maximum atomic E-state index is 13.2. The highest BCUT2D eigenvalue weighted by molar-refractivity contribution is 6.07. The minimum Gasteiger partial charge on any atom is -0.497 e. The van der Waals surface area contributed by atoms with Crippen molar-refractivity contribution in [2.45, 2.75) is 0 Å². The van der Waals surface area contributed by atoms with E-state index in [2.05, 4.69) is 4.98 Å². The highest BCUT2D eigenvalue weighted by Crippen LogP contribution is 2.22. The SMILES string of the molecule is COc1cccc(C(=O)/C=C/c2cc(/C=C/c3ccc(F)cc3)c3ccccc3n2)c1. The van der Waals surface area contributed by atoms with Crippen molar-refractivity contribution < 1.29 is 13.9 Å². The lowest BCUT2D eigenvalue weighted by atomic mass is 10.0. The molecule has 0 unspecified atom stereocenters. The maximum absolute atomic E-state index is 13.2. The first-order valence-corrected chi connectivity index (χ1v) is 9.82. The molecule has 0 amide bonds. The van der Waals surface area contributed by atoms with Gasteiger partial charge in [-0.2, -0.15) is 0 Å². The zero-order chi connectivity index (χ0) is 21.6. The van der Waals surface area contributed by atoms with Crippen LogP contribution >= 0.6 is 0 Å². The first-order chi connectivity index (χ1) is 15.1. The fraction of sp³-hybridized carbons (Fsp3) is 0.0370. The molecule has 1 aromatic heterocycles. The molecule has 0 aliphatic heterocycles.